The second kappa shape index (κ2) is 5.31. The van der Waals surface area contributed by atoms with Crippen LogP contribution >= 0.6 is 11.6 Å². The fraction of sp³-hybridized carbons (Fsp3) is 0.429. The van der Waals surface area contributed by atoms with Gasteiger partial charge in [-0.3, -0.25) is 4.90 Å². The van der Waals surface area contributed by atoms with Crippen molar-refractivity contribution in [2.75, 3.05) is 4.90 Å². The number of halogens is 2. The van der Waals surface area contributed by atoms with E-state index in [0.717, 1.165) is 31.4 Å². The van der Waals surface area contributed by atoms with Crippen molar-refractivity contribution in [3.63, 3.8) is 0 Å². The van der Waals surface area contributed by atoms with Crippen LogP contribution in [0.2, 0.25) is 5.02 Å². The Balaban J connectivity index is 2.14. The molecule has 0 atom stereocenters. The number of phenolic OH excluding ortho intramolecular Hbond substituents is 1. The Hall–Kier alpha value is -2.02. The number of aliphatic imine (C=N–C) groups is 2. The van der Waals surface area contributed by atoms with Gasteiger partial charge in [0.1, 0.15) is 17.2 Å². The van der Waals surface area contributed by atoms with Gasteiger partial charge in [0.05, 0.1) is 10.7 Å². The van der Waals surface area contributed by atoms with Crippen LogP contribution in [-0.2, 0) is 0 Å². The van der Waals surface area contributed by atoms with Crippen molar-refractivity contribution >= 4 is 29.2 Å². The van der Waals surface area contributed by atoms with E-state index in [1.807, 2.05) is 0 Å². The molecular weight excluding hydrogens is 309 g/mol. The SMILES string of the molecule is NC1=NC2(CCCCC2)N(c2cc(F)c(Cl)cc2O)C(N)=N1. The molecule has 0 aromatic heterocycles. The Morgan fingerprint density at radius 2 is 1.91 bits per heavy atom. The van der Waals surface area contributed by atoms with E-state index in [1.165, 1.54) is 0 Å². The van der Waals surface area contributed by atoms with Gasteiger partial charge < -0.3 is 16.6 Å². The Labute approximate surface area is 132 Å². The first-order valence-corrected chi connectivity index (χ1v) is 7.48. The summed E-state index contributed by atoms with van der Waals surface area (Å²) in [6.07, 6.45) is 4.37. The molecule has 3 rings (SSSR count). The first kappa shape index (κ1) is 14.9. The molecule has 118 valence electrons. The number of hydrogen-bond donors (Lipinski definition) is 3. The minimum atomic E-state index is -0.730. The first-order chi connectivity index (χ1) is 10.4. The van der Waals surface area contributed by atoms with Crippen LogP contribution in [0.4, 0.5) is 10.1 Å². The summed E-state index contributed by atoms with van der Waals surface area (Å²) in [5.74, 6) is -0.628. The zero-order chi connectivity index (χ0) is 15.9. The number of nitrogens with zero attached hydrogens (tertiary/aromatic N) is 3. The predicted octanol–water partition coefficient (Wildman–Crippen LogP) is 2.29. The lowest BCUT2D eigenvalue weighted by Crippen LogP contribution is -2.58. The maximum atomic E-state index is 13.9. The van der Waals surface area contributed by atoms with Gasteiger partial charge in [0.2, 0.25) is 11.9 Å². The molecule has 1 fully saturated rings. The van der Waals surface area contributed by atoms with E-state index in [0.29, 0.717) is 12.8 Å². The van der Waals surface area contributed by atoms with Crippen LogP contribution in [0.5, 0.6) is 5.75 Å². The van der Waals surface area contributed by atoms with E-state index >= 15 is 0 Å². The summed E-state index contributed by atoms with van der Waals surface area (Å²) in [6, 6.07) is 2.30. The second-order valence-corrected chi connectivity index (χ2v) is 5.98. The van der Waals surface area contributed by atoms with Gasteiger partial charge in [0.25, 0.3) is 0 Å². The number of aromatic hydroxyl groups is 1. The largest absolute Gasteiger partial charge is 0.506 e. The van der Waals surface area contributed by atoms with Crippen molar-refractivity contribution < 1.29 is 9.50 Å². The van der Waals surface area contributed by atoms with Gasteiger partial charge in [-0.15, -0.1) is 0 Å². The topological polar surface area (TPSA) is 100 Å². The average molecular weight is 326 g/mol. The van der Waals surface area contributed by atoms with Crippen LogP contribution in [0.3, 0.4) is 0 Å². The Morgan fingerprint density at radius 1 is 1.23 bits per heavy atom. The zero-order valence-electron chi connectivity index (χ0n) is 11.9. The maximum absolute atomic E-state index is 13.9. The lowest BCUT2D eigenvalue weighted by atomic mass is 9.87. The van der Waals surface area contributed by atoms with Crippen molar-refractivity contribution in [3.05, 3.63) is 23.0 Å². The first-order valence-electron chi connectivity index (χ1n) is 7.11. The van der Waals surface area contributed by atoms with Gasteiger partial charge in [0.15, 0.2) is 0 Å². The summed E-state index contributed by atoms with van der Waals surface area (Å²) in [4.78, 5) is 9.99. The van der Waals surface area contributed by atoms with Crippen molar-refractivity contribution in [2.45, 2.75) is 37.8 Å². The van der Waals surface area contributed by atoms with Crippen molar-refractivity contribution in [2.24, 2.45) is 21.5 Å². The number of rotatable bonds is 1. The molecule has 5 N–H and O–H groups in total. The minimum absolute atomic E-state index is 0.0893. The standard InChI is InChI=1S/C14H17ClFN5O/c15-8-6-11(22)10(7-9(8)16)21-13(18)19-12(17)20-14(21)4-2-1-3-5-14/h6-7,22H,1-5H2,(H4,17,18,19,20). The van der Waals surface area contributed by atoms with Crippen molar-refractivity contribution in [3.8, 4) is 5.75 Å². The summed E-state index contributed by atoms with van der Waals surface area (Å²) in [5, 5.41) is 10.0. The predicted molar refractivity (Wildman–Crippen MR) is 84.6 cm³/mol. The summed E-state index contributed by atoms with van der Waals surface area (Å²) < 4.78 is 13.9. The average Bonchev–Trinajstić information content (AvgIpc) is 2.44. The Morgan fingerprint density at radius 3 is 2.59 bits per heavy atom. The summed E-state index contributed by atoms with van der Waals surface area (Å²) >= 11 is 5.70. The summed E-state index contributed by atoms with van der Waals surface area (Å²) in [5.41, 5.74) is 11.2. The normalized spacial score (nSPS) is 20.7. The fourth-order valence-electron chi connectivity index (χ4n) is 3.17. The quantitative estimate of drug-likeness (QED) is 0.737. The number of guanidine groups is 2. The molecule has 0 saturated heterocycles. The molecule has 22 heavy (non-hydrogen) atoms. The van der Waals surface area contributed by atoms with Crippen LogP contribution < -0.4 is 16.4 Å². The number of nitrogens with two attached hydrogens (primary N) is 2. The van der Waals surface area contributed by atoms with E-state index in [1.54, 1.807) is 4.90 Å². The van der Waals surface area contributed by atoms with E-state index < -0.39 is 11.5 Å². The second-order valence-electron chi connectivity index (χ2n) is 5.57. The van der Waals surface area contributed by atoms with E-state index in [-0.39, 0.29) is 28.4 Å². The fourth-order valence-corrected chi connectivity index (χ4v) is 3.33. The Kier molecular flexibility index (Phi) is 3.60. The highest BCUT2D eigenvalue weighted by molar-refractivity contribution is 6.31. The molecule has 8 heteroatoms. The highest BCUT2D eigenvalue weighted by Gasteiger charge is 2.43. The number of benzene rings is 1. The van der Waals surface area contributed by atoms with Crippen LogP contribution in [-0.4, -0.2) is 22.7 Å². The third kappa shape index (κ3) is 2.35. The van der Waals surface area contributed by atoms with Crippen molar-refractivity contribution in [1.29, 1.82) is 0 Å². The molecule has 1 aromatic rings. The summed E-state index contributed by atoms with van der Waals surface area (Å²) in [7, 11) is 0. The highest BCUT2D eigenvalue weighted by atomic mass is 35.5. The Bertz CT molecular complexity index is 669. The van der Waals surface area contributed by atoms with Gasteiger partial charge in [-0.2, -0.15) is 4.99 Å². The molecule has 1 aromatic carbocycles. The van der Waals surface area contributed by atoms with Gasteiger partial charge in [-0.05, 0) is 25.7 Å². The molecule has 2 aliphatic rings. The summed E-state index contributed by atoms with van der Waals surface area (Å²) in [6.45, 7) is 0. The third-order valence-corrected chi connectivity index (χ3v) is 4.40. The highest BCUT2D eigenvalue weighted by Crippen LogP contribution is 2.43. The molecular formula is C14H17ClFN5O. The molecule has 0 unspecified atom stereocenters. The lowest BCUT2D eigenvalue weighted by molar-refractivity contribution is 0.303. The zero-order valence-corrected chi connectivity index (χ0v) is 12.6. The molecule has 0 radical (unpaired) electrons. The number of anilines is 1. The van der Waals surface area contributed by atoms with Gasteiger partial charge in [0, 0.05) is 12.1 Å². The molecule has 1 spiro atoms. The molecule has 1 aliphatic heterocycles. The minimum Gasteiger partial charge on any atom is -0.506 e. The van der Waals surface area contributed by atoms with E-state index in [2.05, 4.69) is 9.98 Å². The maximum Gasteiger partial charge on any atom is 0.220 e. The molecule has 1 aliphatic carbocycles. The van der Waals surface area contributed by atoms with E-state index in [4.69, 9.17) is 23.1 Å². The lowest BCUT2D eigenvalue weighted by Gasteiger charge is -2.45. The number of phenols is 1. The van der Waals surface area contributed by atoms with Gasteiger partial charge in [-0.1, -0.05) is 18.0 Å². The van der Waals surface area contributed by atoms with E-state index in [9.17, 15) is 9.50 Å². The van der Waals surface area contributed by atoms with Gasteiger partial charge >= 0.3 is 0 Å². The van der Waals surface area contributed by atoms with Crippen LogP contribution in [0.1, 0.15) is 32.1 Å². The van der Waals surface area contributed by atoms with Crippen LogP contribution in [0.15, 0.2) is 22.1 Å². The molecule has 1 heterocycles. The smallest absolute Gasteiger partial charge is 0.220 e. The van der Waals surface area contributed by atoms with Crippen LogP contribution in [0.25, 0.3) is 0 Å². The van der Waals surface area contributed by atoms with Crippen LogP contribution in [0, 0.1) is 5.82 Å². The van der Waals surface area contributed by atoms with Gasteiger partial charge in [-0.25, -0.2) is 9.38 Å². The molecule has 1 saturated carbocycles. The number of hydrogen-bond acceptors (Lipinski definition) is 6. The van der Waals surface area contributed by atoms with Crippen molar-refractivity contribution in [1.82, 2.24) is 0 Å². The molecule has 6 nitrogen and oxygen atoms in total. The third-order valence-electron chi connectivity index (χ3n) is 4.11. The molecule has 0 amide bonds. The molecule has 0 bridgehead atoms. The monoisotopic (exact) mass is 325 g/mol.